The van der Waals surface area contributed by atoms with Gasteiger partial charge in [0.2, 0.25) is 15.9 Å². The molecule has 1 fully saturated rings. The number of halogens is 4. The molecule has 3 N–H and O–H groups in total. The van der Waals surface area contributed by atoms with Crippen molar-refractivity contribution in [1.82, 2.24) is 14.9 Å². The maximum Gasteiger partial charge on any atom is 0.407 e. The molecule has 52 heavy (non-hydrogen) atoms. The number of hydrogen-bond donors (Lipinski definition) is 3. The predicted molar refractivity (Wildman–Crippen MR) is 185 cm³/mol. The van der Waals surface area contributed by atoms with E-state index in [1.807, 2.05) is 0 Å². The number of carbonyl (C=O) groups is 2. The number of nitrogens with one attached hydrogen (secondary N) is 3. The number of hydrogen-bond acceptors (Lipinski definition) is 7. The van der Waals surface area contributed by atoms with E-state index in [4.69, 9.17) is 9.47 Å². The van der Waals surface area contributed by atoms with Crippen LogP contribution in [-0.2, 0) is 26.0 Å². The second-order valence-electron chi connectivity index (χ2n) is 12.3. The Morgan fingerprint density at radius 1 is 0.885 bits per heavy atom. The van der Waals surface area contributed by atoms with Gasteiger partial charge >= 0.3 is 6.09 Å². The number of benzene rings is 4. The highest BCUT2D eigenvalue weighted by atomic mass is 32.2. The van der Waals surface area contributed by atoms with Crippen molar-refractivity contribution in [3.05, 3.63) is 125 Å². The van der Waals surface area contributed by atoms with Crippen molar-refractivity contribution in [3.63, 3.8) is 0 Å². The third-order valence-corrected chi connectivity index (χ3v) is 11.0. The topological polar surface area (TPSA) is 126 Å². The van der Waals surface area contributed by atoms with Crippen LogP contribution < -0.4 is 20.7 Å². The van der Waals surface area contributed by atoms with Gasteiger partial charge in [-0.1, -0.05) is 18.2 Å². The third kappa shape index (κ3) is 8.72. The average Bonchev–Trinajstić information content (AvgIpc) is 3.11. The Bertz CT molecular complexity index is 1980. The van der Waals surface area contributed by atoms with Crippen LogP contribution in [0.25, 0.3) is 0 Å². The van der Waals surface area contributed by atoms with Crippen LogP contribution in [-0.4, -0.2) is 70.2 Å². The summed E-state index contributed by atoms with van der Waals surface area (Å²) in [6.07, 6.45) is -0.913. The van der Waals surface area contributed by atoms with E-state index in [0.29, 0.717) is 18.4 Å². The monoisotopic (exact) mass is 742 g/mol. The van der Waals surface area contributed by atoms with Gasteiger partial charge < -0.3 is 25.4 Å². The van der Waals surface area contributed by atoms with E-state index in [-0.39, 0.29) is 46.7 Å². The highest BCUT2D eigenvalue weighted by molar-refractivity contribution is 7.89. The average molecular weight is 743 g/mol. The first-order chi connectivity index (χ1) is 24.8. The van der Waals surface area contributed by atoms with Crippen molar-refractivity contribution in [2.24, 2.45) is 0 Å². The summed E-state index contributed by atoms with van der Waals surface area (Å²) in [4.78, 5) is 26.7. The standard InChI is InChI=1S/C37H38F4N4O6S/c1-22-20-42-21-28(45(22)52(48,49)30-14-12-29(50-2)13-15-30)11-16-31-32(41)5-4-6-33(31)43-36(46)35(44-37(47)51-3)34(23-7-9-25(38)10-8-23)24-17-26(39)19-27(40)18-24/h4-10,12-15,17-19,22,28,34-35,42H,11,16,20-21H2,1-3H3,(H,43,46)(H,44,47)/t22-,28-,34-,35-/m0/s1. The minimum absolute atomic E-state index is 0.0123. The Kier molecular flexibility index (Phi) is 12.2. The quantitative estimate of drug-likeness (QED) is 0.158. The third-order valence-electron chi connectivity index (χ3n) is 8.90. The summed E-state index contributed by atoms with van der Waals surface area (Å²) in [6, 6.07) is 14.8. The first-order valence-electron chi connectivity index (χ1n) is 16.3. The summed E-state index contributed by atoms with van der Waals surface area (Å²) < 4.78 is 97.5. The second-order valence-corrected chi connectivity index (χ2v) is 14.2. The largest absolute Gasteiger partial charge is 0.497 e. The van der Waals surface area contributed by atoms with Crippen molar-refractivity contribution in [1.29, 1.82) is 0 Å². The molecule has 1 heterocycles. The number of piperazine rings is 1. The molecule has 5 rings (SSSR count). The van der Waals surface area contributed by atoms with Gasteiger partial charge in [0, 0.05) is 48.4 Å². The number of sulfonamides is 1. The first-order valence-corrected chi connectivity index (χ1v) is 17.8. The SMILES string of the molecule is COC(=O)N[C@H](C(=O)Nc1cccc(F)c1CC[C@H]1CNC[C@H](C)N1S(=O)(=O)c1ccc(OC)cc1)[C@@H](c1ccc(F)cc1)c1cc(F)cc(F)c1. The smallest absolute Gasteiger partial charge is 0.407 e. The van der Waals surface area contributed by atoms with Gasteiger partial charge in [-0.25, -0.2) is 30.8 Å². The number of alkyl carbamates (subject to hydrolysis) is 1. The number of ether oxygens (including phenoxy) is 2. The first kappa shape index (κ1) is 38.2. The Hall–Kier alpha value is -4.99. The molecule has 4 atom stereocenters. The van der Waals surface area contributed by atoms with E-state index >= 15 is 4.39 Å². The van der Waals surface area contributed by atoms with Crippen LogP contribution in [0.4, 0.5) is 28.0 Å². The fourth-order valence-corrected chi connectivity index (χ4v) is 8.31. The normalized spacial score (nSPS) is 17.5. The van der Waals surface area contributed by atoms with Gasteiger partial charge in [0.15, 0.2) is 0 Å². The highest BCUT2D eigenvalue weighted by Crippen LogP contribution is 2.33. The molecule has 4 aromatic rings. The van der Waals surface area contributed by atoms with Gasteiger partial charge in [0.1, 0.15) is 35.1 Å². The van der Waals surface area contributed by atoms with E-state index in [9.17, 15) is 31.2 Å². The van der Waals surface area contributed by atoms with Crippen LogP contribution in [0.15, 0.2) is 89.8 Å². The summed E-state index contributed by atoms with van der Waals surface area (Å²) >= 11 is 0. The Morgan fingerprint density at radius 2 is 1.56 bits per heavy atom. The molecule has 1 saturated heterocycles. The summed E-state index contributed by atoms with van der Waals surface area (Å²) in [5, 5.41) is 8.29. The van der Waals surface area contributed by atoms with Crippen LogP contribution in [0.5, 0.6) is 5.75 Å². The minimum Gasteiger partial charge on any atom is -0.497 e. The van der Waals surface area contributed by atoms with Crippen molar-refractivity contribution in [2.45, 2.75) is 48.7 Å². The van der Waals surface area contributed by atoms with E-state index in [2.05, 4.69) is 16.0 Å². The molecule has 15 heteroatoms. The second kappa shape index (κ2) is 16.6. The molecule has 0 unspecified atom stereocenters. The maximum absolute atomic E-state index is 15.6. The molecule has 1 aliphatic heterocycles. The Balaban J connectivity index is 1.46. The fourth-order valence-electron chi connectivity index (χ4n) is 6.47. The zero-order valence-corrected chi connectivity index (χ0v) is 29.4. The number of methoxy groups -OCH3 is 2. The van der Waals surface area contributed by atoms with Gasteiger partial charge in [-0.2, -0.15) is 4.31 Å². The summed E-state index contributed by atoms with van der Waals surface area (Å²) in [6.45, 7) is 2.45. The van der Waals surface area contributed by atoms with Gasteiger partial charge in [0.05, 0.1) is 19.1 Å². The Labute approximate surface area is 299 Å². The highest BCUT2D eigenvalue weighted by Gasteiger charge is 2.38. The van der Waals surface area contributed by atoms with Crippen LogP contribution in [0.1, 0.15) is 36.0 Å². The van der Waals surface area contributed by atoms with Gasteiger partial charge in [-0.15, -0.1) is 0 Å². The minimum atomic E-state index is -3.98. The predicted octanol–water partition coefficient (Wildman–Crippen LogP) is 5.73. The van der Waals surface area contributed by atoms with Crippen LogP contribution in [0.2, 0.25) is 0 Å². The number of nitrogens with zero attached hydrogens (tertiary/aromatic N) is 1. The number of anilines is 1. The molecule has 0 aromatic heterocycles. The fraction of sp³-hybridized carbons (Fsp3) is 0.297. The van der Waals surface area contributed by atoms with Crippen LogP contribution in [0.3, 0.4) is 0 Å². The lowest BCUT2D eigenvalue weighted by molar-refractivity contribution is -0.118. The molecule has 2 amide bonds. The summed E-state index contributed by atoms with van der Waals surface area (Å²) in [7, 11) is -1.45. The van der Waals surface area contributed by atoms with E-state index in [1.165, 1.54) is 53.9 Å². The van der Waals surface area contributed by atoms with Crippen LogP contribution in [0, 0.1) is 23.3 Å². The number of amides is 2. The van der Waals surface area contributed by atoms with E-state index < -0.39 is 69.3 Å². The van der Waals surface area contributed by atoms with E-state index in [1.54, 1.807) is 19.1 Å². The molecular weight excluding hydrogens is 704 g/mol. The number of rotatable bonds is 12. The lowest BCUT2D eigenvalue weighted by atomic mass is 9.84. The lowest BCUT2D eigenvalue weighted by Crippen LogP contribution is -2.58. The summed E-state index contributed by atoms with van der Waals surface area (Å²) in [5.74, 6) is -4.89. The molecule has 4 aromatic carbocycles. The van der Waals surface area contributed by atoms with Crippen molar-refractivity contribution in [2.75, 3.05) is 32.6 Å². The molecule has 0 bridgehead atoms. The molecule has 0 saturated carbocycles. The van der Waals surface area contributed by atoms with Crippen LogP contribution >= 0.6 is 0 Å². The zero-order chi connectivity index (χ0) is 37.6. The van der Waals surface area contributed by atoms with Crippen molar-refractivity contribution in [3.8, 4) is 5.75 Å². The van der Waals surface area contributed by atoms with Crippen molar-refractivity contribution >= 4 is 27.7 Å². The molecule has 0 radical (unpaired) electrons. The maximum atomic E-state index is 15.6. The lowest BCUT2D eigenvalue weighted by Gasteiger charge is -2.40. The van der Waals surface area contributed by atoms with Gasteiger partial charge in [0.25, 0.3) is 0 Å². The molecular formula is C37H38F4N4O6S. The molecule has 0 spiro atoms. The van der Waals surface area contributed by atoms with Gasteiger partial charge in [-0.05, 0) is 91.6 Å². The molecule has 10 nitrogen and oxygen atoms in total. The Morgan fingerprint density at radius 3 is 2.19 bits per heavy atom. The molecule has 0 aliphatic carbocycles. The van der Waals surface area contributed by atoms with E-state index in [0.717, 1.165) is 31.4 Å². The molecule has 276 valence electrons. The molecule has 1 aliphatic rings. The van der Waals surface area contributed by atoms with Gasteiger partial charge in [-0.3, -0.25) is 4.79 Å². The van der Waals surface area contributed by atoms with Crippen molar-refractivity contribution < 1.29 is 45.0 Å². The summed E-state index contributed by atoms with van der Waals surface area (Å²) in [5.41, 5.74) is 0.242. The zero-order valence-electron chi connectivity index (χ0n) is 28.5. The number of carbonyl (C=O) groups excluding carboxylic acids is 2.